The van der Waals surface area contributed by atoms with Crippen LogP contribution in [-0.4, -0.2) is 26.4 Å². The Balaban J connectivity index is 2.96. The third kappa shape index (κ3) is 1.24. The maximum Gasteiger partial charge on any atom is 0.330 e. The number of aromatic amines is 1. The second-order valence-electron chi connectivity index (χ2n) is 2.93. The SMILES string of the molecule is CCn1c(=O)[nH]c2ncn(OC)c2c1=O. The molecule has 80 valence electrons. The Hall–Kier alpha value is -2.05. The monoisotopic (exact) mass is 210 g/mol. The van der Waals surface area contributed by atoms with Gasteiger partial charge in [-0.1, -0.05) is 0 Å². The van der Waals surface area contributed by atoms with Crippen LogP contribution in [0.15, 0.2) is 15.9 Å². The van der Waals surface area contributed by atoms with E-state index in [9.17, 15) is 9.59 Å². The molecule has 2 heterocycles. The van der Waals surface area contributed by atoms with Crippen molar-refractivity contribution in [2.75, 3.05) is 7.11 Å². The summed E-state index contributed by atoms with van der Waals surface area (Å²) in [5.41, 5.74) is -0.401. The molecule has 0 aliphatic carbocycles. The molecule has 0 amide bonds. The molecule has 0 saturated carbocycles. The molecule has 2 aromatic heterocycles. The van der Waals surface area contributed by atoms with E-state index in [-0.39, 0.29) is 11.2 Å². The fourth-order valence-corrected chi connectivity index (χ4v) is 1.43. The van der Waals surface area contributed by atoms with Gasteiger partial charge in [-0.05, 0) is 6.92 Å². The zero-order valence-electron chi connectivity index (χ0n) is 8.35. The highest BCUT2D eigenvalue weighted by atomic mass is 16.6. The maximum absolute atomic E-state index is 11.8. The molecule has 15 heavy (non-hydrogen) atoms. The lowest BCUT2D eigenvalue weighted by Gasteiger charge is -2.02. The van der Waals surface area contributed by atoms with Crippen LogP contribution in [0.25, 0.3) is 11.2 Å². The van der Waals surface area contributed by atoms with Gasteiger partial charge in [-0.25, -0.2) is 9.78 Å². The molecule has 0 bridgehead atoms. The minimum atomic E-state index is -0.462. The van der Waals surface area contributed by atoms with Crippen molar-refractivity contribution < 1.29 is 4.84 Å². The highest BCUT2D eigenvalue weighted by Crippen LogP contribution is 1.99. The fraction of sp³-hybridized carbons (Fsp3) is 0.375. The average molecular weight is 210 g/mol. The molecule has 0 aromatic carbocycles. The molecule has 0 spiro atoms. The highest BCUT2D eigenvalue weighted by molar-refractivity contribution is 5.68. The van der Waals surface area contributed by atoms with Gasteiger partial charge >= 0.3 is 5.69 Å². The zero-order valence-corrected chi connectivity index (χ0v) is 8.35. The summed E-state index contributed by atoms with van der Waals surface area (Å²) in [7, 11) is 1.42. The first-order valence-corrected chi connectivity index (χ1v) is 4.43. The van der Waals surface area contributed by atoms with E-state index in [1.54, 1.807) is 6.92 Å². The molecule has 2 rings (SSSR count). The second-order valence-corrected chi connectivity index (χ2v) is 2.93. The van der Waals surface area contributed by atoms with Gasteiger partial charge in [-0.3, -0.25) is 14.3 Å². The number of hydrogen-bond donors (Lipinski definition) is 1. The Labute approximate surface area is 83.9 Å². The summed E-state index contributed by atoms with van der Waals surface area (Å²) in [6.45, 7) is 2.02. The van der Waals surface area contributed by atoms with Crippen LogP contribution in [0, 0.1) is 0 Å². The van der Waals surface area contributed by atoms with Crippen molar-refractivity contribution in [3.05, 3.63) is 27.2 Å². The van der Waals surface area contributed by atoms with E-state index in [2.05, 4.69) is 9.97 Å². The van der Waals surface area contributed by atoms with Crippen LogP contribution in [0.2, 0.25) is 0 Å². The maximum atomic E-state index is 11.8. The second kappa shape index (κ2) is 3.26. The van der Waals surface area contributed by atoms with E-state index in [1.807, 2.05) is 0 Å². The molecule has 0 aliphatic heterocycles. The topological polar surface area (TPSA) is 81.9 Å². The number of hydrogen-bond acceptors (Lipinski definition) is 4. The standard InChI is InChI=1S/C8H10N4O3/c1-3-11-7(13)5-6(10-8(11)14)9-4-12(5)15-2/h4H,3H2,1-2H3,(H,10,14). The van der Waals surface area contributed by atoms with E-state index in [0.29, 0.717) is 6.54 Å². The van der Waals surface area contributed by atoms with Gasteiger partial charge in [0, 0.05) is 6.54 Å². The fourth-order valence-electron chi connectivity index (χ4n) is 1.43. The van der Waals surface area contributed by atoms with Gasteiger partial charge in [0.2, 0.25) is 0 Å². The molecule has 0 fully saturated rings. The largest absolute Gasteiger partial charge is 0.415 e. The normalized spacial score (nSPS) is 10.8. The van der Waals surface area contributed by atoms with Gasteiger partial charge in [0.05, 0.1) is 0 Å². The minimum absolute atomic E-state index is 0.233. The minimum Gasteiger partial charge on any atom is -0.415 e. The number of nitrogens with one attached hydrogen (secondary N) is 1. The molecule has 0 atom stereocenters. The van der Waals surface area contributed by atoms with E-state index >= 15 is 0 Å². The molecular weight excluding hydrogens is 200 g/mol. The van der Waals surface area contributed by atoms with Crippen LogP contribution in [0.3, 0.4) is 0 Å². The van der Waals surface area contributed by atoms with Gasteiger partial charge in [0.15, 0.2) is 11.2 Å². The molecule has 7 heteroatoms. The molecular formula is C8H10N4O3. The van der Waals surface area contributed by atoms with Crippen molar-refractivity contribution >= 4 is 11.2 Å². The molecule has 0 radical (unpaired) electrons. The van der Waals surface area contributed by atoms with Crippen LogP contribution in [0.5, 0.6) is 0 Å². The lowest BCUT2D eigenvalue weighted by molar-refractivity contribution is 0.176. The average Bonchev–Trinajstić information content (AvgIpc) is 2.61. The Morgan fingerprint density at radius 2 is 2.27 bits per heavy atom. The molecule has 2 aromatic rings. The number of rotatable bonds is 2. The van der Waals surface area contributed by atoms with Gasteiger partial charge < -0.3 is 4.84 Å². The van der Waals surface area contributed by atoms with Crippen molar-refractivity contribution in [2.45, 2.75) is 13.5 Å². The molecule has 0 aliphatic rings. The summed E-state index contributed by atoms with van der Waals surface area (Å²) in [6, 6.07) is 0. The van der Waals surface area contributed by atoms with Gasteiger partial charge in [-0.15, -0.1) is 0 Å². The summed E-state index contributed by atoms with van der Waals surface area (Å²) in [5.74, 6) is 0. The summed E-state index contributed by atoms with van der Waals surface area (Å²) in [5, 5.41) is 0. The summed E-state index contributed by atoms with van der Waals surface area (Å²) in [6.07, 6.45) is 1.34. The molecule has 0 saturated heterocycles. The summed E-state index contributed by atoms with van der Waals surface area (Å²) in [4.78, 5) is 34.5. The number of fused-ring (bicyclic) bond motifs is 1. The van der Waals surface area contributed by atoms with Gasteiger partial charge in [0.1, 0.15) is 13.4 Å². The van der Waals surface area contributed by atoms with Crippen molar-refractivity contribution in [3.63, 3.8) is 0 Å². The van der Waals surface area contributed by atoms with E-state index in [4.69, 9.17) is 4.84 Å². The third-order valence-electron chi connectivity index (χ3n) is 2.17. The number of nitrogens with zero attached hydrogens (tertiary/aromatic N) is 3. The van der Waals surface area contributed by atoms with Crippen molar-refractivity contribution in [1.82, 2.24) is 19.3 Å². The number of H-pyrrole nitrogens is 1. The van der Waals surface area contributed by atoms with Crippen LogP contribution in [0.1, 0.15) is 6.92 Å². The smallest absolute Gasteiger partial charge is 0.330 e. The van der Waals surface area contributed by atoms with Crippen LogP contribution in [-0.2, 0) is 6.54 Å². The predicted octanol–water partition coefficient (Wildman–Crippen LogP) is -1.04. The van der Waals surface area contributed by atoms with Crippen molar-refractivity contribution in [1.29, 1.82) is 0 Å². The Kier molecular flexibility index (Phi) is 2.07. The van der Waals surface area contributed by atoms with Gasteiger partial charge in [-0.2, -0.15) is 4.73 Å². The first-order valence-electron chi connectivity index (χ1n) is 4.43. The van der Waals surface area contributed by atoms with Crippen LogP contribution >= 0.6 is 0 Å². The van der Waals surface area contributed by atoms with Crippen LogP contribution in [0.4, 0.5) is 0 Å². The number of aromatic nitrogens is 4. The van der Waals surface area contributed by atoms with Crippen LogP contribution < -0.4 is 16.1 Å². The van der Waals surface area contributed by atoms with E-state index in [0.717, 1.165) is 4.57 Å². The zero-order chi connectivity index (χ0) is 11.0. The first-order chi connectivity index (χ1) is 7.19. The predicted molar refractivity (Wildman–Crippen MR) is 52.8 cm³/mol. The summed E-state index contributed by atoms with van der Waals surface area (Å²) < 4.78 is 2.30. The highest BCUT2D eigenvalue weighted by Gasteiger charge is 2.11. The summed E-state index contributed by atoms with van der Waals surface area (Å²) >= 11 is 0. The van der Waals surface area contributed by atoms with Crippen molar-refractivity contribution in [3.8, 4) is 0 Å². The Morgan fingerprint density at radius 1 is 1.53 bits per heavy atom. The molecule has 0 unspecified atom stereocenters. The lowest BCUT2D eigenvalue weighted by Crippen LogP contribution is -2.35. The Morgan fingerprint density at radius 3 is 2.87 bits per heavy atom. The quantitative estimate of drug-likeness (QED) is 0.686. The van der Waals surface area contributed by atoms with Crippen molar-refractivity contribution in [2.24, 2.45) is 0 Å². The molecule has 1 N–H and O–H groups in total. The molecule has 7 nitrogen and oxygen atoms in total. The lowest BCUT2D eigenvalue weighted by atomic mass is 10.5. The van der Waals surface area contributed by atoms with Gasteiger partial charge in [0.25, 0.3) is 5.56 Å². The third-order valence-corrected chi connectivity index (χ3v) is 2.17. The van der Waals surface area contributed by atoms with E-state index < -0.39 is 11.2 Å². The van der Waals surface area contributed by atoms with E-state index in [1.165, 1.54) is 18.2 Å². The number of imidazole rings is 1. The Bertz CT molecular complexity index is 606. The first kappa shape index (κ1) is 9.50.